The van der Waals surface area contributed by atoms with Gasteiger partial charge in [-0.15, -0.1) is 0 Å². The highest BCUT2D eigenvalue weighted by Crippen LogP contribution is 2.30. The molecule has 3 aromatic rings. The first kappa shape index (κ1) is 26.6. The predicted octanol–water partition coefficient (Wildman–Crippen LogP) is 3.94. The summed E-state index contributed by atoms with van der Waals surface area (Å²) in [6, 6.07) is 15.2. The number of carbonyl (C=O) groups excluding carboxylic acids is 2. The van der Waals surface area contributed by atoms with Gasteiger partial charge >= 0.3 is 0 Å². The molecule has 1 aliphatic rings. The Morgan fingerprint density at radius 3 is 2.58 bits per heavy atom. The molecule has 0 spiro atoms. The number of benzene rings is 2. The molecule has 2 aromatic carbocycles. The highest BCUT2D eigenvalue weighted by atomic mass is 16.5. The molecule has 2 heterocycles. The summed E-state index contributed by atoms with van der Waals surface area (Å²) < 4.78 is 6.03. The van der Waals surface area contributed by atoms with Crippen molar-refractivity contribution in [2.24, 2.45) is 5.73 Å². The van der Waals surface area contributed by atoms with Gasteiger partial charge in [-0.2, -0.15) is 4.98 Å². The second-order valence-corrected chi connectivity index (χ2v) is 9.19. The van der Waals surface area contributed by atoms with Crippen LogP contribution in [0.3, 0.4) is 0 Å². The van der Waals surface area contributed by atoms with Crippen LogP contribution in [0.4, 0.5) is 22.9 Å². The van der Waals surface area contributed by atoms with Crippen molar-refractivity contribution in [2.75, 3.05) is 42.2 Å². The van der Waals surface area contributed by atoms with Crippen LogP contribution in [0.1, 0.15) is 30.0 Å². The quantitative estimate of drug-likeness (QED) is 0.366. The smallest absolute Gasteiger partial charge is 0.271 e. The van der Waals surface area contributed by atoms with E-state index in [1.165, 1.54) is 6.08 Å². The number of aromatic nitrogens is 2. The lowest BCUT2D eigenvalue weighted by molar-refractivity contribution is -0.111. The highest BCUT2D eigenvalue weighted by molar-refractivity contribution is 5.99. The molecule has 1 fully saturated rings. The number of nitrogens with two attached hydrogens (primary N) is 1. The summed E-state index contributed by atoms with van der Waals surface area (Å²) >= 11 is 0. The molecule has 1 saturated heterocycles. The lowest BCUT2D eigenvalue weighted by atomic mass is 10.1. The fraction of sp³-hybridized carbons (Fsp3) is 0.286. The maximum absolute atomic E-state index is 12.2. The monoisotopic (exact) mass is 515 g/mol. The first-order valence-corrected chi connectivity index (χ1v) is 12.5. The van der Waals surface area contributed by atoms with Crippen LogP contribution in [-0.4, -0.2) is 59.4 Å². The Morgan fingerprint density at radius 1 is 1.16 bits per heavy atom. The normalized spacial score (nSPS) is 15.6. The van der Waals surface area contributed by atoms with Crippen molar-refractivity contribution in [1.82, 2.24) is 14.9 Å². The Bertz CT molecular complexity index is 1330. The number of ether oxygens (including phenoxy) is 1. The van der Waals surface area contributed by atoms with Crippen molar-refractivity contribution >= 4 is 34.7 Å². The second kappa shape index (κ2) is 11.7. The number of nitrogens with one attached hydrogen (secondary N) is 2. The maximum atomic E-state index is 12.2. The summed E-state index contributed by atoms with van der Waals surface area (Å²) in [7, 11) is 2.14. The first-order chi connectivity index (χ1) is 18.3. The van der Waals surface area contributed by atoms with Gasteiger partial charge in [-0.05, 0) is 62.9 Å². The van der Waals surface area contributed by atoms with E-state index in [-0.39, 0.29) is 23.3 Å². The third-order valence-corrected chi connectivity index (χ3v) is 6.29. The molecule has 1 atom stereocenters. The van der Waals surface area contributed by atoms with Crippen molar-refractivity contribution in [1.29, 1.82) is 0 Å². The van der Waals surface area contributed by atoms with Crippen LogP contribution in [0.25, 0.3) is 0 Å². The fourth-order valence-corrected chi connectivity index (χ4v) is 4.36. The largest absolute Gasteiger partial charge is 0.437 e. The van der Waals surface area contributed by atoms with Crippen LogP contribution in [0.2, 0.25) is 0 Å². The van der Waals surface area contributed by atoms with Gasteiger partial charge in [0.15, 0.2) is 11.5 Å². The Kier molecular flexibility index (Phi) is 8.22. The van der Waals surface area contributed by atoms with Gasteiger partial charge in [0.05, 0.1) is 0 Å². The van der Waals surface area contributed by atoms with Gasteiger partial charge < -0.3 is 30.9 Å². The molecule has 10 nitrogen and oxygen atoms in total. The molecule has 4 rings (SSSR count). The van der Waals surface area contributed by atoms with Crippen molar-refractivity contribution in [2.45, 2.75) is 26.3 Å². The van der Waals surface area contributed by atoms with Crippen LogP contribution in [0, 0.1) is 0 Å². The number of likely N-dealkylation sites (N-methyl/N-ethyl adjacent to an activating group) is 1. The number of piperazine rings is 1. The van der Waals surface area contributed by atoms with E-state index in [0.29, 0.717) is 29.6 Å². The number of nitrogens with zero attached hydrogens (tertiary/aromatic N) is 4. The molecule has 1 aromatic heterocycles. The minimum Gasteiger partial charge on any atom is -0.437 e. The number of hydrogen-bond acceptors (Lipinski definition) is 8. The van der Waals surface area contributed by atoms with Crippen molar-refractivity contribution in [3.05, 3.63) is 72.6 Å². The number of carbonyl (C=O) groups is 2. The van der Waals surface area contributed by atoms with E-state index >= 15 is 0 Å². The molecule has 198 valence electrons. The van der Waals surface area contributed by atoms with Crippen molar-refractivity contribution < 1.29 is 14.3 Å². The van der Waals surface area contributed by atoms with Gasteiger partial charge in [0.1, 0.15) is 11.4 Å². The Hall–Kier alpha value is -4.44. The lowest BCUT2D eigenvalue weighted by Crippen LogP contribution is -2.50. The van der Waals surface area contributed by atoms with Crippen LogP contribution >= 0.6 is 0 Å². The van der Waals surface area contributed by atoms with E-state index in [1.807, 2.05) is 31.2 Å². The number of rotatable bonds is 9. The molecule has 0 radical (unpaired) electrons. The molecular weight excluding hydrogens is 482 g/mol. The standard InChI is InChI=1S/C28H33N7O3/c1-5-23-28(38-22-9-7-8-20(16-22)30-24(36)6-2)33-27(25(32-23)26(29)37)31-19-10-12-21(13-11-19)35-15-14-34(4)17-18(35)3/h6-13,16,18H,2,5,14-15,17H2,1,3-4H3,(H2,29,37)(H,30,36)(H,31,33)/t18-/m1/s1. The maximum Gasteiger partial charge on any atom is 0.271 e. The average Bonchev–Trinajstić information content (AvgIpc) is 2.89. The van der Waals surface area contributed by atoms with Gasteiger partial charge in [0, 0.05) is 48.8 Å². The predicted molar refractivity (Wildman–Crippen MR) is 149 cm³/mol. The highest BCUT2D eigenvalue weighted by Gasteiger charge is 2.22. The molecule has 0 unspecified atom stereocenters. The minimum atomic E-state index is -0.696. The zero-order chi connectivity index (χ0) is 27.2. The first-order valence-electron chi connectivity index (χ1n) is 12.5. The fourth-order valence-electron chi connectivity index (χ4n) is 4.36. The summed E-state index contributed by atoms with van der Waals surface area (Å²) in [6.45, 7) is 10.5. The molecule has 0 bridgehead atoms. The van der Waals surface area contributed by atoms with Gasteiger partial charge in [-0.3, -0.25) is 9.59 Å². The van der Waals surface area contributed by atoms with Gasteiger partial charge in [-0.25, -0.2) is 4.98 Å². The number of anilines is 4. The molecule has 2 amide bonds. The summed E-state index contributed by atoms with van der Waals surface area (Å²) in [5, 5.41) is 5.87. The summed E-state index contributed by atoms with van der Waals surface area (Å²) in [4.78, 5) is 37.6. The summed E-state index contributed by atoms with van der Waals surface area (Å²) in [5.41, 5.74) is 8.55. The van der Waals surface area contributed by atoms with Crippen LogP contribution < -0.4 is 26.0 Å². The van der Waals surface area contributed by atoms with E-state index < -0.39 is 5.91 Å². The third-order valence-electron chi connectivity index (χ3n) is 6.29. The van der Waals surface area contributed by atoms with E-state index in [2.05, 4.69) is 51.0 Å². The number of primary amides is 1. The topological polar surface area (TPSA) is 126 Å². The number of amides is 2. The molecule has 0 aliphatic carbocycles. The average molecular weight is 516 g/mol. The van der Waals surface area contributed by atoms with Crippen molar-refractivity contribution in [3.63, 3.8) is 0 Å². The van der Waals surface area contributed by atoms with E-state index in [9.17, 15) is 9.59 Å². The van der Waals surface area contributed by atoms with E-state index in [4.69, 9.17) is 10.5 Å². The lowest BCUT2D eigenvalue weighted by Gasteiger charge is -2.39. The Morgan fingerprint density at radius 2 is 1.92 bits per heavy atom. The SMILES string of the molecule is C=CC(=O)Nc1cccc(Oc2nc(Nc3ccc(N4CCN(C)C[C@H]4C)cc3)c(C(N)=O)nc2CC)c1. The molecule has 4 N–H and O–H groups in total. The Labute approximate surface area is 222 Å². The van der Waals surface area contributed by atoms with Crippen LogP contribution in [0.5, 0.6) is 11.6 Å². The zero-order valence-electron chi connectivity index (χ0n) is 21.9. The van der Waals surface area contributed by atoms with Gasteiger partial charge in [-0.1, -0.05) is 19.6 Å². The summed E-state index contributed by atoms with van der Waals surface area (Å²) in [6.07, 6.45) is 1.65. The third kappa shape index (κ3) is 6.27. The zero-order valence-corrected chi connectivity index (χ0v) is 21.9. The van der Waals surface area contributed by atoms with Crippen LogP contribution in [-0.2, 0) is 11.2 Å². The molecule has 1 aliphatic heterocycles. The van der Waals surface area contributed by atoms with Gasteiger partial charge in [0.25, 0.3) is 5.91 Å². The minimum absolute atomic E-state index is 0.0259. The van der Waals surface area contributed by atoms with E-state index in [1.54, 1.807) is 24.3 Å². The van der Waals surface area contributed by atoms with Crippen molar-refractivity contribution in [3.8, 4) is 11.6 Å². The molecule has 38 heavy (non-hydrogen) atoms. The second-order valence-electron chi connectivity index (χ2n) is 9.19. The number of hydrogen-bond donors (Lipinski definition) is 3. The molecular formula is C28H33N7O3. The number of aryl methyl sites for hydroxylation is 1. The van der Waals surface area contributed by atoms with Gasteiger partial charge in [0.2, 0.25) is 11.8 Å². The molecule has 0 saturated carbocycles. The van der Waals surface area contributed by atoms with Crippen LogP contribution in [0.15, 0.2) is 61.2 Å². The summed E-state index contributed by atoms with van der Waals surface area (Å²) in [5.74, 6) is -0.157. The molecule has 10 heteroatoms. The Balaban J connectivity index is 1.59. The van der Waals surface area contributed by atoms with E-state index in [0.717, 1.165) is 31.0 Å².